The van der Waals surface area contributed by atoms with Crippen LogP contribution in [-0.4, -0.2) is 9.55 Å². The number of nitrogens with zero attached hydrogens (tertiary/aromatic N) is 2. The first-order chi connectivity index (χ1) is 10.1. The Morgan fingerprint density at radius 1 is 1.14 bits per heavy atom. The van der Waals surface area contributed by atoms with Crippen molar-refractivity contribution in [2.45, 2.75) is 18.8 Å². The molecule has 0 spiro atoms. The van der Waals surface area contributed by atoms with Crippen molar-refractivity contribution < 1.29 is 8.78 Å². The van der Waals surface area contributed by atoms with Crippen LogP contribution in [0.5, 0.6) is 0 Å². The first kappa shape index (κ1) is 12.3. The van der Waals surface area contributed by atoms with Gasteiger partial charge in [0.2, 0.25) is 0 Å². The number of fused-ring (bicyclic) bond motifs is 1. The summed E-state index contributed by atoms with van der Waals surface area (Å²) in [6, 6.07) is 9.50. The van der Waals surface area contributed by atoms with Crippen molar-refractivity contribution >= 4 is 16.7 Å². The number of imidazole rings is 1. The highest BCUT2D eigenvalue weighted by atomic mass is 19.2. The van der Waals surface area contributed by atoms with Crippen LogP contribution in [0.1, 0.15) is 24.6 Å². The highest BCUT2D eigenvalue weighted by molar-refractivity contribution is 5.81. The van der Waals surface area contributed by atoms with Crippen LogP contribution in [-0.2, 0) is 0 Å². The molecule has 4 rings (SSSR count). The average molecular weight is 285 g/mol. The Labute approximate surface area is 120 Å². The zero-order valence-electron chi connectivity index (χ0n) is 11.2. The van der Waals surface area contributed by atoms with Gasteiger partial charge in [0.25, 0.3) is 0 Å². The van der Waals surface area contributed by atoms with Crippen molar-refractivity contribution in [1.82, 2.24) is 9.55 Å². The Morgan fingerprint density at radius 2 is 1.95 bits per heavy atom. The molecule has 1 heterocycles. The topological polar surface area (TPSA) is 43.8 Å². The van der Waals surface area contributed by atoms with E-state index in [4.69, 9.17) is 5.73 Å². The monoisotopic (exact) mass is 285 g/mol. The predicted octanol–water partition coefficient (Wildman–Crippen LogP) is 3.76. The number of aromatic nitrogens is 2. The number of nitrogens with two attached hydrogens (primary N) is 1. The molecule has 1 saturated carbocycles. The summed E-state index contributed by atoms with van der Waals surface area (Å²) in [7, 11) is 0. The van der Waals surface area contributed by atoms with Crippen LogP contribution in [0.2, 0.25) is 0 Å². The minimum absolute atomic E-state index is 0.198. The second-order valence-electron chi connectivity index (χ2n) is 5.40. The lowest BCUT2D eigenvalue weighted by molar-refractivity contribution is 0.504. The van der Waals surface area contributed by atoms with E-state index in [1.807, 2.05) is 0 Å². The fourth-order valence-corrected chi connectivity index (χ4v) is 2.65. The summed E-state index contributed by atoms with van der Waals surface area (Å²) in [6.07, 6.45) is 2.05. The van der Waals surface area contributed by atoms with E-state index in [0.29, 0.717) is 17.1 Å². The first-order valence-corrected chi connectivity index (χ1v) is 6.87. The van der Waals surface area contributed by atoms with E-state index in [9.17, 15) is 8.78 Å². The molecule has 1 aliphatic carbocycles. The van der Waals surface area contributed by atoms with E-state index >= 15 is 0 Å². The smallest absolute Gasteiger partial charge is 0.182 e. The van der Waals surface area contributed by atoms with Crippen LogP contribution < -0.4 is 5.73 Å². The average Bonchev–Trinajstić information content (AvgIpc) is 3.24. The Bertz CT molecular complexity index is 850. The lowest BCUT2D eigenvalue weighted by Gasteiger charge is -2.10. The summed E-state index contributed by atoms with van der Waals surface area (Å²) in [6.45, 7) is 0. The molecular formula is C16H13F2N3. The van der Waals surface area contributed by atoms with Crippen LogP contribution >= 0.6 is 0 Å². The molecule has 106 valence electrons. The standard InChI is InChI=1S/C16H13F2N3/c17-11-2-1-3-14(15(11)18)21-13-7-6-10(19)8-12(13)20-16(21)9-4-5-9/h1-3,6-9H,4-5,19H2. The van der Waals surface area contributed by atoms with Gasteiger partial charge in [0.15, 0.2) is 11.6 Å². The van der Waals surface area contributed by atoms with Gasteiger partial charge < -0.3 is 5.73 Å². The second kappa shape index (κ2) is 4.28. The Hall–Kier alpha value is -2.43. The van der Waals surface area contributed by atoms with Gasteiger partial charge >= 0.3 is 0 Å². The van der Waals surface area contributed by atoms with Crippen LogP contribution in [0.25, 0.3) is 16.7 Å². The molecule has 0 radical (unpaired) electrons. The van der Waals surface area contributed by atoms with Gasteiger partial charge in [-0.3, -0.25) is 4.57 Å². The van der Waals surface area contributed by atoms with E-state index < -0.39 is 11.6 Å². The summed E-state index contributed by atoms with van der Waals surface area (Å²) in [5.41, 5.74) is 8.04. The Balaban J connectivity index is 2.06. The van der Waals surface area contributed by atoms with Crippen molar-refractivity contribution in [3.05, 3.63) is 53.9 Å². The van der Waals surface area contributed by atoms with Gasteiger partial charge in [0.1, 0.15) is 5.82 Å². The van der Waals surface area contributed by atoms with E-state index in [1.165, 1.54) is 6.07 Å². The van der Waals surface area contributed by atoms with Gasteiger partial charge in [-0.2, -0.15) is 0 Å². The van der Waals surface area contributed by atoms with Crippen LogP contribution in [0.4, 0.5) is 14.5 Å². The number of hydrogen-bond acceptors (Lipinski definition) is 2. The summed E-state index contributed by atoms with van der Waals surface area (Å²) >= 11 is 0. The quantitative estimate of drug-likeness (QED) is 0.728. The zero-order chi connectivity index (χ0) is 14.6. The van der Waals surface area contributed by atoms with Crippen molar-refractivity contribution in [2.75, 3.05) is 5.73 Å². The fraction of sp³-hybridized carbons (Fsp3) is 0.188. The van der Waals surface area contributed by atoms with Crippen molar-refractivity contribution in [1.29, 1.82) is 0 Å². The van der Waals surface area contributed by atoms with Gasteiger partial charge in [0.05, 0.1) is 16.7 Å². The van der Waals surface area contributed by atoms with Gasteiger partial charge in [-0.15, -0.1) is 0 Å². The molecule has 2 aromatic carbocycles. The normalized spacial score (nSPS) is 14.8. The zero-order valence-corrected chi connectivity index (χ0v) is 11.2. The molecule has 1 aromatic heterocycles. The molecular weight excluding hydrogens is 272 g/mol. The van der Waals surface area contributed by atoms with Crippen LogP contribution in [0.3, 0.4) is 0 Å². The van der Waals surface area contributed by atoms with Crippen molar-refractivity contribution in [3.8, 4) is 5.69 Å². The number of nitrogen functional groups attached to an aromatic ring is 1. The molecule has 3 aromatic rings. The lowest BCUT2D eigenvalue weighted by Crippen LogP contribution is -2.04. The Morgan fingerprint density at radius 3 is 2.71 bits per heavy atom. The number of rotatable bonds is 2. The first-order valence-electron chi connectivity index (χ1n) is 6.87. The van der Waals surface area contributed by atoms with Gasteiger partial charge in [-0.1, -0.05) is 6.07 Å². The van der Waals surface area contributed by atoms with E-state index in [-0.39, 0.29) is 5.69 Å². The second-order valence-corrected chi connectivity index (χ2v) is 5.40. The molecule has 3 nitrogen and oxygen atoms in total. The van der Waals surface area contributed by atoms with E-state index in [1.54, 1.807) is 28.8 Å². The summed E-state index contributed by atoms with van der Waals surface area (Å²) in [5.74, 6) is -0.622. The highest BCUT2D eigenvalue weighted by Gasteiger charge is 2.31. The highest BCUT2D eigenvalue weighted by Crippen LogP contribution is 2.42. The van der Waals surface area contributed by atoms with Crippen molar-refractivity contribution in [2.24, 2.45) is 0 Å². The molecule has 1 aliphatic rings. The van der Waals surface area contributed by atoms with Gasteiger partial charge in [-0.05, 0) is 43.2 Å². The third-order valence-electron chi connectivity index (χ3n) is 3.82. The maximum atomic E-state index is 14.2. The fourth-order valence-electron chi connectivity index (χ4n) is 2.65. The van der Waals surface area contributed by atoms with Gasteiger partial charge in [-0.25, -0.2) is 13.8 Å². The Kier molecular flexibility index (Phi) is 2.51. The molecule has 1 fully saturated rings. The number of benzene rings is 2. The maximum absolute atomic E-state index is 14.2. The SMILES string of the molecule is Nc1ccc2c(c1)nc(C1CC1)n2-c1cccc(F)c1F. The number of halogens is 2. The molecule has 5 heteroatoms. The third kappa shape index (κ3) is 1.88. The maximum Gasteiger partial charge on any atom is 0.182 e. The summed E-state index contributed by atoms with van der Waals surface area (Å²) < 4.78 is 29.5. The minimum atomic E-state index is -0.855. The molecule has 2 N–H and O–H groups in total. The summed E-state index contributed by atoms with van der Waals surface area (Å²) in [4.78, 5) is 4.58. The van der Waals surface area contributed by atoms with E-state index in [2.05, 4.69) is 4.98 Å². The molecule has 0 unspecified atom stereocenters. The molecule has 0 saturated heterocycles. The number of hydrogen-bond donors (Lipinski definition) is 1. The third-order valence-corrected chi connectivity index (χ3v) is 3.82. The molecule has 0 amide bonds. The summed E-state index contributed by atoms with van der Waals surface area (Å²) in [5, 5.41) is 0. The molecule has 21 heavy (non-hydrogen) atoms. The lowest BCUT2D eigenvalue weighted by atomic mass is 10.2. The van der Waals surface area contributed by atoms with E-state index in [0.717, 1.165) is 30.2 Å². The van der Waals surface area contributed by atoms with Crippen LogP contribution in [0.15, 0.2) is 36.4 Å². The largest absolute Gasteiger partial charge is 0.399 e. The number of anilines is 1. The molecule has 0 aliphatic heterocycles. The van der Waals surface area contributed by atoms with Crippen LogP contribution in [0, 0.1) is 11.6 Å². The predicted molar refractivity (Wildman–Crippen MR) is 77.4 cm³/mol. The van der Waals surface area contributed by atoms with Crippen molar-refractivity contribution in [3.63, 3.8) is 0 Å². The molecule has 0 atom stereocenters. The minimum Gasteiger partial charge on any atom is -0.399 e. The molecule has 0 bridgehead atoms. The van der Waals surface area contributed by atoms with Gasteiger partial charge in [0, 0.05) is 11.6 Å².